The summed E-state index contributed by atoms with van der Waals surface area (Å²) in [4.78, 5) is 2.12. The average molecular weight is 124 g/mol. The summed E-state index contributed by atoms with van der Waals surface area (Å²) >= 11 is 0. The van der Waals surface area contributed by atoms with E-state index in [2.05, 4.69) is 16.3 Å². The fourth-order valence-electron chi connectivity index (χ4n) is 0.906. The molecule has 0 aromatic heterocycles. The number of piperazine rings is 1. The molecule has 0 bridgehead atoms. The van der Waals surface area contributed by atoms with Gasteiger partial charge in [-0.1, -0.05) is 0 Å². The molecule has 0 aromatic carbocycles. The molecule has 1 radical (unpaired) electrons. The van der Waals surface area contributed by atoms with Crippen LogP contribution in [0.4, 0.5) is 0 Å². The van der Waals surface area contributed by atoms with Gasteiger partial charge in [0.1, 0.15) is 0 Å². The minimum Gasteiger partial charge on any atom is -0.288 e. The van der Waals surface area contributed by atoms with Crippen molar-refractivity contribution in [1.82, 2.24) is 10.2 Å². The molecule has 0 amide bonds. The highest BCUT2D eigenvalue weighted by Crippen LogP contribution is 1.89. The van der Waals surface area contributed by atoms with Crippen molar-refractivity contribution in [1.29, 1.82) is 5.26 Å². The number of nitriles is 1. The van der Waals surface area contributed by atoms with Crippen LogP contribution in [-0.2, 0) is 0 Å². The van der Waals surface area contributed by atoms with Gasteiger partial charge in [-0.2, -0.15) is 5.26 Å². The maximum absolute atomic E-state index is 8.30. The standard InChI is InChI=1S/C6H10N3/c7-1-4-9-5-2-8-3-6-9/h2-6H2. The topological polar surface area (TPSA) is 41.1 Å². The van der Waals surface area contributed by atoms with Gasteiger partial charge in [0.05, 0.1) is 12.6 Å². The second-order valence-corrected chi connectivity index (χ2v) is 2.11. The molecule has 3 nitrogen and oxygen atoms in total. The first-order valence-corrected chi connectivity index (χ1v) is 3.16. The lowest BCUT2D eigenvalue weighted by Gasteiger charge is -2.22. The molecule has 9 heavy (non-hydrogen) atoms. The smallest absolute Gasteiger partial charge is 0.0866 e. The van der Waals surface area contributed by atoms with E-state index in [0.717, 1.165) is 26.2 Å². The van der Waals surface area contributed by atoms with Crippen LogP contribution in [0.5, 0.6) is 0 Å². The lowest BCUT2D eigenvalue weighted by molar-refractivity contribution is 0.264. The van der Waals surface area contributed by atoms with Gasteiger partial charge in [-0.3, -0.25) is 4.90 Å². The first kappa shape index (κ1) is 6.53. The molecule has 1 saturated heterocycles. The predicted octanol–water partition coefficient (Wildman–Crippen LogP) is -0.570. The summed E-state index contributed by atoms with van der Waals surface area (Å²) < 4.78 is 0. The Hall–Kier alpha value is -0.590. The van der Waals surface area contributed by atoms with Crippen LogP contribution in [0.3, 0.4) is 0 Å². The van der Waals surface area contributed by atoms with Gasteiger partial charge < -0.3 is 0 Å². The Labute approximate surface area is 55.3 Å². The van der Waals surface area contributed by atoms with Crippen molar-refractivity contribution >= 4 is 0 Å². The highest BCUT2D eigenvalue weighted by Gasteiger charge is 2.07. The molecule has 0 saturated carbocycles. The van der Waals surface area contributed by atoms with Crippen molar-refractivity contribution in [2.45, 2.75) is 0 Å². The van der Waals surface area contributed by atoms with Crippen molar-refractivity contribution in [3.8, 4) is 6.07 Å². The number of hydrogen-bond donors (Lipinski definition) is 0. The van der Waals surface area contributed by atoms with E-state index in [1.807, 2.05) is 0 Å². The van der Waals surface area contributed by atoms with Crippen molar-refractivity contribution in [3.63, 3.8) is 0 Å². The van der Waals surface area contributed by atoms with E-state index < -0.39 is 0 Å². The lowest BCUT2D eigenvalue weighted by atomic mass is 10.4. The van der Waals surface area contributed by atoms with Crippen molar-refractivity contribution < 1.29 is 0 Å². The van der Waals surface area contributed by atoms with Gasteiger partial charge in [0.25, 0.3) is 0 Å². The molecule has 1 aliphatic rings. The molecule has 0 N–H and O–H groups in total. The monoisotopic (exact) mass is 124 g/mol. The van der Waals surface area contributed by atoms with Gasteiger partial charge in [0, 0.05) is 26.2 Å². The molecule has 0 atom stereocenters. The highest BCUT2D eigenvalue weighted by atomic mass is 15.2. The Kier molecular flexibility index (Phi) is 2.49. The molecule has 0 aliphatic carbocycles. The van der Waals surface area contributed by atoms with E-state index >= 15 is 0 Å². The summed E-state index contributed by atoms with van der Waals surface area (Å²) in [6, 6.07) is 2.12. The third-order valence-corrected chi connectivity index (χ3v) is 1.44. The molecule has 0 unspecified atom stereocenters. The first-order valence-electron chi connectivity index (χ1n) is 3.16. The van der Waals surface area contributed by atoms with E-state index in [0.29, 0.717) is 6.54 Å². The van der Waals surface area contributed by atoms with Crippen molar-refractivity contribution in [3.05, 3.63) is 0 Å². The number of nitrogens with zero attached hydrogens (tertiary/aromatic N) is 3. The van der Waals surface area contributed by atoms with Gasteiger partial charge in [-0.05, 0) is 0 Å². The number of rotatable bonds is 1. The van der Waals surface area contributed by atoms with Gasteiger partial charge in [-0.15, -0.1) is 0 Å². The molecule has 1 heterocycles. The first-order chi connectivity index (χ1) is 4.43. The Balaban J connectivity index is 2.17. The van der Waals surface area contributed by atoms with Gasteiger partial charge >= 0.3 is 0 Å². The Morgan fingerprint density at radius 3 is 2.67 bits per heavy atom. The zero-order chi connectivity index (χ0) is 6.53. The molecule has 0 spiro atoms. The second kappa shape index (κ2) is 3.44. The molecule has 49 valence electrons. The molecule has 0 aromatic rings. The summed E-state index contributed by atoms with van der Waals surface area (Å²) in [7, 11) is 0. The molecule has 1 fully saturated rings. The highest BCUT2D eigenvalue weighted by molar-refractivity contribution is 4.79. The van der Waals surface area contributed by atoms with Crippen LogP contribution >= 0.6 is 0 Å². The predicted molar refractivity (Wildman–Crippen MR) is 33.9 cm³/mol. The summed E-state index contributed by atoms with van der Waals surface area (Å²) in [6.45, 7) is 4.31. The quantitative estimate of drug-likeness (QED) is 0.439. The van der Waals surface area contributed by atoms with E-state index in [1.165, 1.54) is 0 Å². The molecular formula is C6H10N3. The lowest BCUT2D eigenvalue weighted by Crippen LogP contribution is -2.40. The largest absolute Gasteiger partial charge is 0.288 e. The van der Waals surface area contributed by atoms with Crippen LogP contribution < -0.4 is 5.32 Å². The third kappa shape index (κ3) is 2.00. The van der Waals surface area contributed by atoms with E-state index in [9.17, 15) is 0 Å². The SMILES string of the molecule is N#CCN1CC[N]CC1. The van der Waals surface area contributed by atoms with E-state index in [-0.39, 0.29) is 0 Å². The maximum Gasteiger partial charge on any atom is 0.0866 e. The summed E-state index contributed by atoms with van der Waals surface area (Å²) in [5.74, 6) is 0. The van der Waals surface area contributed by atoms with Crippen LogP contribution in [0.1, 0.15) is 0 Å². The zero-order valence-corrected chi connectivity index (χ0v) is 5.38. The summed E-state index contributed by atoms with van der Waals surface area (Å²) in [5.41, 5.74) is 0. The van der Waals surface area contributed by atoms with Crippen LogP contribution in [0.25, 0.3) is 0 Å². The summed E-state index contributed by atoms with van der Waals surface area (Å²) in [5, 5.41) is 12.5. The van der Waals surface area contributed by atoms with E-state index in [1.54, 1.807) is 0 Å². The zero-order valence-electron chi connectivity index (χ0n) is 5.38. The van der Waals surface area contributed by atoms with Crippen molar-refractivity contribution in [2.24, 2.45) is 0 Å². The Morgan fingerprint density at radius 1 is 1.44 bits per heavy atom. The van der Waals surface area contributed by atoms with Crippen molar-refractivity contribution in [2.75, 3.05) is 32.7 Å². The van der Waals surface area contributed by atoms with Gasteiger partial charge in [0.15, 0.2) is 0 Å². The fraction of sp³-hybridized carbons (Fsp3) is 0.833. The Morgan fingerprint density at radius 2 is 2.11 bits per heavy atom. The minimum absolute atomic E-state index is 0.565. The number of hydrogen-bond acceptors (Lipinski definition) is 2. The van der Waals surface area contributed by atoms with Crippen LogP contribution in [0.2, 0.25) is 0 Å². The normalized spacial score (nSPS) is 21.2. The minimum atomic E-state index is 0.565. The average Bonchev–Trinajstić information content (AvgIpc) is 1.91. The molecule has 3 heteroatoms. The van der Waals surface area contributed by atoms with E-state index in [4.69, 9.17) is 5.26 Å². The van der Waals surface area contributed by atoms with Crippen LogP contribution in [0.15, 0.2) is 0 Å². The van der Waals surface area contributed by atoms with Gasteiger partial charge in [0.2, 0.25) is 0 Å². The molecular weight excluding hydrogens is 114 g/mol. The maximum atomic E-state index is 8.30. The molecule has 1 rings (SSSR count). The third-order valence-electron chi connectivity index (χ3n) is 1.44. The Bertz CT molecular complexity index is 110. The van der Waals surface area contributed by atoms with Crippen LogP contribution in [-0.4, -0.2) is 37.6 Å². The second-order valence-electron chi connectivity index (χ2n) is 2.11. The molecule has 1 aliphatic heterocycles. The van der Waals surface area contributed by atoms with Gasteiger partial charge in [-0.25, -0.2) is 5.32 Å². The fourth-order valence-corrected chi connectivity index (χ4v) is 0.906. The summed E-state index contributed by atoms with van der Waals surface area (Å²) in [6.07, 6.45) is 0. The van der Waals surface area contributed by atoms with Crippen LogP contribution in [0, 0.1) is 11.3 Å².